The van der Waals surface area contributed by atoms with Gasteiger partial charge >= 0.3 is 25.0 Å². The van der Waals surface area contributed by atoms with Crippen LogP contribution in [0.2, 0.25) is 0 Å². The molecular formula is C16H18LiN5O4. The molecule has 0 spiro atoms. The van der Waals surface area contributed by atoms with E-state index in [9.17, 15) is 14.7 Å². The number of carboxylic acid groups (broad SMARTS) is 1. The Balaban J connectivity index is 0.00000243. The van der Waals surface area contributed by atoms with E-state index in [2.05, 4.69) is 10.1 Å². The van der Waals surface area contributed by atoms with Gasteiger partial charge in [0.15, 0.2) is 5.82 Å². The van der Waals surface area contributed by atoms with Crippen LogP contribution in [-0.2, 0) is 9.53 Å². The van der Waals surface area contributed by atoms with Crippen molar-refractivity contribution in [3.05, 3.63) is 30.2 Å². The van der Waals surface area contributed by atoms with Crippen LogP contribution in [-0.4, -0.2) is 49.7 Å². The van der Waals surface area contributed by atoms with Crippen LogP contribution < -0.4 is 29.7 Å². The molecule has 1 atom stereocenters. The van der Waals surface area contributed by atoms with Crippen molar-refractivity contribution >= 4 is 29.0 Å². The van der Waals surface area contributed by atoms with E-state index in [4.69, 9.17) is 10.5 Å². The maximum Gasteiger partial charge on any atom is 1.00 e. The number of ether oxygens (including phenoxy) is 1. The summed E-state index contributed by atoms with van der Waals surface area (Å²) in [5.41, 5.74) is 6.90. The number of aromatic nitrogens is 3. The number of rotatable bonds is 2. The van der Waals surface area contributed by atoms with E-state index in [1.165, 1.54) is 12.4 Å². The Morgan fingerprint density at radius 3 is 2.65 bits per heavy atom. The molecule has 26 heavy (non-hydrogen) atoms. The fraction of sp³-hybridized carbons (Fsp3) is 0.375. The maximum atomic E-state index is 12.3. The van der Waals surface area contributed by atoms with E-state index in [1.54, 1.807) is 37.4 Å². The van der Waals surface area contributed by atoms with Gasteiger partial charge in [-0.15, -0.1) is 0 Å². The third-order valence-electron chi connectivity index (χ3n) is 3.72. The van der Waals surface area contributed by atoms with Gasteiger partial charge in [-0.1, -0.05) is 0 Å². The number of nitrogens with zero attached hydrogens (tertiary/aromatic N) is 4. The first-order chi connectivity index (χ1) is 11.7. The third kappa shape index (κ3) is 3.69. The normalized spacial score (nSPS) is 17.0. The second-order valence-electron chi connectivity index (χ2n) is 6.72. The van der Waals surface area contributed by atoms with Gasteiger partial charge in [0.25, 0.3) is 0 Å². The van der Waals surface area contributed by atoms with Crippen LogP contribution in [0.15, 0.2) is 24.5 Å². The quantitative estimate of drug-likeness (QED) is 0.574. The van der Waals surface area contributed by atoms with Gasteiger partial charge in [0.1, 0.15) is 17.4 Å². The smallest absolute Gasteiger partial charge is 0.548 e. The molecule has 0 saturated heterocycles. The number of nitrogen functional groups attached to an aromatic ring is 1. The van der Waals surface area contributed by atoms with Gasteiger partial charge in [-0.25, -0.2) is 14.3 Å². The van der Waals surface area contributed by atoms with Crippen molar-refractivity contribution in [2.45, 2.75) is 32.4 Å². The van der Waals surface area contributed by atoms with Crippen LogP contribution >= 0.6 is 0 Å². The zero-order chi connectivity index (χ0) is 18.4. The number of amides is 1. The van der Waals surface area contributed by atoms with E-state index in [0.717, 1.165) is 4.90 Å². The van der Waals surface area contributed by atoms with Crippen molar-refractivity contribution in [3.8, 4) is 0 Å². The van der Waals surface area contributed by atoms with E-state index in [0.29, 0.717) is 22.6 Å². The Morgan fingerprint density at radius 1 is 1.35 bits per heavy atom. The summed E-state index contributed by atoms with van der Waals surface area (Å²) in [5.74, 6) is -1.07. The molecule has 0 radical (unpaired) electrons. The fourth-order valence-corrected chi connectivity index (χ4v) is 2.67. The summed E-state index contributed by atoms with van der Waals surface area (Å²) in [7, 11) is 0. The Hall–Kier alpha value is -2.50. The van der Waals surface area contributed by atoms with Crippen LogP contribution in [0.4, 0.5) is 10.6 Å². The molecule has 0 bridgehead atoms. The zero-order valence-electron chi connectivity index (χ0n) is 15.1. The van der Waals surface area contributed by atoms with E-state index >= 15 is 0 Å². The number of hydrogen-bond acceptors (Lipinski definition) is 7. The molecule has 2 aromatic rings. The summed E-state index contributed by atoms with van der Waals surface area (Å²) in [4.78, 5) is 28.8. The van der Waals surface area contributed by atoms with Gasteiger partial charge in [-0.05, 0) is 44.6 Å². The van der Waals surface area contributed by atoms with Gasteiger partial charge in [0.2, 0.25) is 0 Å². The minimum absolute atomic E-state index is 0. The summed E-state index contributed by atoms with van der Waals surface area (Å²) in [6, 6.07) is 2.27. The molecule has 3 rings (SSSR count). The van der Waals surface area contributed by atoms with Crippen molar-refractivity contribution in [1.29, 1.82) is 0 Å². The summed E-state index contributed by atoms with van der Waals surface area (Å²) in [6.45, 7) is 5.19. The number of fused-ring (bicyclic) bond motifs is 1. The van der Waals surface area contributed by atoms with Crippen LogP contribution in [0.5, 0.6) is 0 Å². The van der Waals surface area contributed by atoms with Gasteiger partial charge < -0.3 is 20.4 Å². The topological polar surface area (TPSA) is 126 Å². The first kappa shape index (κ1) is 19.8. The summed E-state index contributed by atoms with van der Waals surface area (Å²) >= 11 is 0. The first-order valence-electron chi connectivity index (χ1n) is 7.67. The summed E-state index contributed by atoms with van der Waals surface area (Å²) in [5, 5.41) is 15.6. The number of aliphatic carboxylic acids is 1. The molecular weight excluding hydrogens is 333 g/mol. The zero-order valence-corrected chi connectivity index (χ0v) is 15.1. The van der Waals surface area contributed by atoms with E-state index < -0.39 is 23.7 Å². The minimum Gasteiger partial charge on any atom is -0.548 e. The van der Waals surface area contributed by atoms with Crippen molar-refractivity contribution in [3.63, 3.8) is 0 Å². The minimum atomic E-state index is -1.38. The van der Waals surface area contributed by atoms with Gasteiger partial charge in [0.05, 0.1) is 24.2 Å². The molecule has 1 aliphatic heterocycles. The van der Waals surface area contributed by atoms with Crippen LogP contribution in [0.25, 0.3) is 11.1 Å². The Bertz CT molecular complexity index is 886. The molecule has 10 heteroatoms. The van der Waals surface area contributed by atoms with Crippen molar-refractivity contribution in [1.82, 2.24) is 19.5 Å². The Labute approximate surface area is 162 Å². The summed E-state index contributed by atoms with van der Waals surface area (Å²) < 4.78 is 6.84. The van der Waals surface area contributed by atoms with Crippen LogP contribution in [0.1, 0.15) is 26.5 Å². The SMILES string of the molecule is CC(C)(C)OC(=O)N1CC(c2ccc3c(N)ncnn23)=C[C@H]1C(=O)[O-].[Li+]. The first-order valence-corrected chi connectivity index (χ1v) is 7.67. The molecule has 2 N–H and O–H groups in total. The number of nitrogens with two attached hydrogens (primary N) is 1. The van der Waals surface area contributed by atoms with E-state index in [-0.39, 0.29) is 25.4 Å². The van der Waals surface area contributed by atoms with Crippen molar-refractivity contribution in [2.24, 2.45) is 0 Å². The van der Waals surface area contributed by atoms with E-state index in [1.807, 2.05) is 0 Å². The largest absolute Gasteiger partial charge is 1.00 e. The number of carbonyl (C=O) groups is 2. The average Bonchev–Trinajstić information content (AvgIpc) is 3.09. The second-order valence-corrected chi connectivity index (χ2v) is 6.72. The molecule has 0 fully saturated rings. The van der Waals surface area contributed by atoms with Gasteiger partial charge in [-0.2, -0.15) is 5.10 Å². The molecule has 0 unspecified atom stereocenters. The Morgan fingerprint density at radius 2 is 2.04 bits per heavy atom. The maximum absolute atomic E-state index is 12.3. The fourth-order valence-electron chi connectivity index (χ4n) is 2.67. The summed E-state index contributed by atoms with van der Waals surface area (Å²) in [6.07, 6.45) is 2.05. The number of anilines is 1. The van der Waals surface area contributed by atoms with Crippen molar-refractivity contribution in [2.75, 3.05) is 12.3 Å². The number of carbonyl (C=O) groups excluding carboxylic acids is 2. The molecule has 1 aliphatic rings. The molecule has 0 saturated carbocycles. The number of carboxylic acids is 1. The molecule has 1 amide bonds. The third-order valence-corrected chi connectivity index (χ3v) is 3.72. The number of hydrogen-bond donors (Lipinski definition) is 1. The monoisotopic (exact) mass is 351 g/mol. The predicted molar refractivity (Wildman–Crippen MR) is 87.1 cm³/mol. The van der Waals surface area contributed by atoms with Crippen LogP contribution in [0, 0.1) is 0 Å². The molecule has 132 valence electrons. The molecule has 2 aromatic heterocycles. The Kier molecular flexibility index (Phi) is 5.35. The molecule has 3 heterocycles. The standard InChI is InChI=1S/C16H19N5O4.Li/c1-16(2,3)25-15(24)20-7-9(6-12(20)14(22)23)10-4-5-11-13(17)18-8-19-21(10)11;/h4-6,8,12H,7H2,1-3H3,(H,22,23)(H2,17,18,19);/q;+1/p-1/t12-;/m0./s1. The average molecular weight is 351 g/mol. The van der Waals surface area contributed by atoms with Crippen LogP contribution in [0.3, 0.4) is 0 Å². The molecule has 9 nitrogen and oxygen atoms in total. The second kappa shape index (κ2) is 7.02. The molecule has 0 aromatic carbocycles. The van der Waals surface area contributed by atoms with Crippen molar-refractivity contribution < 1.29 is 38.3 Å². The van der Waals surface area contributed by atoms with Gasteiger partial charge in [0, 0.05) is 0 Å². The molecule has 0 aliphatic carbocycles. The van der Waals surface area contributed by atoms with Gasteiger partial charge in [-0.3, -0.25) is 4.90 Å². The predicted octanol–water partition coefficient (Wildman–Crippen LogP) is -2.93.